The minimum Gasteiger partial charge on any atom is -0.343 e. The maximum atomic E-state index is 14.4. The van der Waals surface area contributed by atoms with Gasteiger partial charge in [-0.1, -0.05) is 11.6 Å². The van der Waals surface area contributed by atoms with Gasteiger partial charge in [-0.2, -0.15) is 27.1 Å². The molecule has 0 unspecified atom stereocenters. The molecule has 1 amide bonds. The summed E-state index contributed by atoms with van der Waals surface area (Å²) in [6.45, 7) is -0.210. The zero-order valence-electron chi connectivity index (χ0n) is 13.8. The molecule has 0 aliphatic heterocycles. The second kappa shape index (κ2) is 8.01. The zero-order valence-corrected chi connectivity index (χ0v) is 15.4. The second-order valence-electron chi connectivity index (χ2n) is 5.41. The van der Waals surface area contributed by atoms with Crippen molar-refractivity contribution >= 4 is 29.3 Å². The van der Waals surface area contributed by atoms with E-state index in [1.54, 1.807) is 5.32 Å². The number of alkyl halides is 5. The lowest BCUT2D eigenvalue weighted by Gasteiger charge is -2.13. The molecule has 4 nitrogen and oxygen atoms in total. The van der Waals surface area contributed by atoms with E-state index in [0.29, 0.717) is 0 Å². The largest absolute Gasteiger partial charge is 0.405 e. The van der Waals surface area contributed by atoms with Crippen LogP contribution in [0.1, 0.15) is 15.9 Å². The Hall–Kier alpha value is -1.88. The number of carbonyl (C=O) groups is 1. The minimum atomic E-state index is -4.61. The van der Waals surface area contributed by atoms with Gasteiger partial charge in [0.2, 0.25) is 0 Å². The molecule has 1 aromatic heterocycles. The molecule has 27 heavy (non-hydrogen) atoms. The van der Waals surface area contributed by atoms with Crippen LogP contribution in [0.4, 0.5) is 26.3 Å². The number of nitrogens with one attached hydrogen (secondary N) is 1. The Balaban J connectivity index is 2.47. The van der Waals surface area contributed by atoms with Gasteiger partial charge in [0, 0.05) is 18.2 Å². The zero-order chi connectivity index (χ0) is 20.5. The summed E-state index contributed by atoms with van der Waals surface area (Å²) >= 11 is 6.08. The highest BCUT2D eigenvalue weighted by Crippen LogP contribution is 2.39. The summed E-state index contributed by atoms with van der Waals surface area (Å²) in [4.78, 5) is 12.0. The Morgan fingerprint density at radius 1 is 1.37 bits per heavy atom. The molecule has 0 spiro atoms. The fraction of sp³-hybridized carbons (Fsp3) is 0.333. The van der Waals surface area contributed by atoms with Crippen molar-refractivity contribution in [1.29, 1.82) is 0 Å². The van der Waals surface area contributed by atoms with E-state index in [9.17, 15) is 31.1 Å². The van der Waals surface area contributed by atoms with Crippen molar-refractivity contribution < 1.29 is 31.1 Å². The van der Waals surface area contributed by atoms with Crippen molar-refractivity contribution in [3.8, 4) is 11.3 Å². The Labute approximate surface area is 158 Å². The number of carbonyl (C=O) groups excluding carboxylic acids is 1. The minimum absolute atomic E-state index is 0.0611. The third-order valence-corrected chi connectivity index (χ3v) is 4.58. The lowest BCUT2D eigenvalue weighted by molar-refractivity contribution is -0.123. The molecular weight excluding hydrogens is 420 g/mol. The van der Waals surface area contributed by atoms with E-state index >= 15 is 0 Å². The van der Waals surface area contributed by atoms with Gasteiger partial charge in [-0.15, -0.1) is 0 Å². The highest BCUT2D eigenvalue weighted by molar-refractivity contribution is 7.99. The highest BCUT2D eigenvalue weighted by atomic mass is 35.5. The van der Waals surface area contributed by atoms with Crippen molar-refractivity contribution in [3.63, 3.8) is 0 Å². The molecule has 12 heteroatoms. The fourth-order valence-electron chi connectivity index (χ4n) is 2.30. The molecule has 0 aliphatic rings. The molecule has 0 saturated carbocycles. The number of hydrogen-bond acceptors (Lipinski definition) is 3. The summed E-state index contributed by atoms with van der Waals surface area (Å²) in [5.74, 6) is -4.71. The van der Waals surface area contributed by atoms with Crippen LogP contribution in [-0.2, 0) is 7.05 Å². The Morgan fingerprint density at radius 2 is 2.00 bits per heavy atom. The number of benzene rings is 1. The first-order chi connectivity index (χ1) is 12.4. The highest BCUT2D eigenvalue weighted by Gasteiger charge is 2.29. The molecule has 0 atom stereocenters. The number of thioether (sulfide) groups is 1. The summed E-state index contributed by atoms with van der Waals surface area (Å²) < 4.78 is 77.5. The van der Waals surface area contributed by atoms with E-state index in [4.69, 9.17) is 11.6 Å². The number of halogens is 7. The number of nitrogens with zero attached hydrogens (tertiary/aromatic N) is 2. The maximum Gasteiger partial charge on any atom is 0.405 e. The lowest BCUT2D eigenvalue weighted by atomic mass is 10.0. The average molecular weight is 432 g/mol. The molecule has 2 aromatic rings. The number of aryl methyl sites for hydroxylation is 2. The Morgan fingerprint density at radius 3 is 2.56 bits per heavy atom. The van der Waals surface area contributed by atoms with Gasteiger partial charge in [0.15, 0.2) is 0 Å². The van der Waals surface area contributed by atoms with Crippen LogP contribution in [0, 0.1) is 12.7 Å². The predicted molar refractivity (Wildman–Crippen MR) is 88.6 cm³/mol. The molecule has 0 radical (unpaired) electrons. The summed E-state index contributed by atoms with van der Waals surface area (Å²) in [6.07, 6.45) is -4.61. The van der Waals surface area contributed by atoms with E-state index in [1.165, 1.54) is 14.0 Å². The summed E-state index contributed by atoms with van der Waals surface area (Å²) in [6, 6.07) is 1.96. The van der Waals surface area contributed by atoms with Crippen molar-refractivity contribution in [2.75, 3.05) is 6.54 Å². The van der Waals surface area contributed by atoms with Crippen LogP contribution in [-0.4, -0.2) is 34.2 Å². The lowest BCUT2D eigenvalue weighted by Crippen LogP contribution is -2.34. The third kappa shape index (κ3) is 5.10. The number of hydrogen-bond donors (Lipinski definition) is 1. The van der Waals surface area contributed by atoms with Gasteiger partial charge in [-0.05, 0) is 36.4 Å². The van der Waals surface area contributed by atoms with Crippen LogP contribution in [0.5, 0.6) is 0 Å². The number of rotatable bonds is 5. The molecule has 0 bridgehead atoms. The van der Waals surface area contributed by atoms with Crippen LogP contribution in [0.15, 0.2) is 17.2 Å². The van der Waals surface area contributed by atoms with E-state index < -0.39 is 30.2 Å². The predicted octanol–water partition coefficient (Wildman–Crippen LogP) is 4.79. The van der Waals surface area contributed by atoms with Crippen molar-refractivity contribution in [3.05, 3.63) is 34.1 Å². The Kier molecular flexibility index (Phi) is 6.35. The molecule has 2 rings (SSSR count). The van der Waals surface area contributed by atoms with Gasteiger partial charge in [-0.3, -0.25) is 9.48 Å². The smallest absolute Gasteiger partial charge is 0.343 e. The Bertz CT molecular complexity index is 868. The molecule has 0 saturated heterocycles. The van der Waals surface area contributed by atoms with Crippen LogP contribution >= 0.6 is 23.4 Å². The van der Waals surface area contributed by atoms with Crippen LogP contribution in [0.2, 0.25) is 5.02 Å². The number of aromatic nitrogens is 2. The van der Waals surface area contributed by atoms with E-state index in [2.05, 4.69) is 5.10 Å². The summed E-state index contributed by atoms with van der Waals surface area (Å²) in [5, 5.41) is 4.98. The normalized spacial score (nSPS) is 11.9. The summed E-state index contributed by atoms with van der Waals surface area (Å²) in [5.41, 5.74) is -0.451. The van der Waals surface area contributed by atoms with Crippen LogP contribution < -0.4 is 5.32 Å². The molecule has 148 valence electrons. The van der Waals surface area contributed by atoms with E-state index in [1.807, 2.05) is 0 Å². The topological polar surface area (TPSA) is 46.9 Å². The molecule has 1 heterocycles. The van der Waals surface area contributed by atoms with Crippen LogP contribution in [0.3, 0.4) is 0 Å². The van der Waals surface area contributed by atoms with Crippen molar-refractivity contribution in [2.45, 2.75) is 23.9 Å². The molecular formula is C15H12ClF6N3OS. The first-order valence-corrected chi connectivity index (χ1v) is 8.49. The van der Waals surface area contributed by atoms with Gasteiger partial charge >= 0.3 is 6.18 Å². The monoisotopic (exact) mass is 431 g/mol. The summed E-state index contributed by atoms with van der Waals surface area (Å²) in [7, 11) is 1.33. The molecule has 0 aliphatic carbocycles. The van der Waals surface area contributed by atoms with Gasteiger partial charge in [-0.25, -0.2) is 4.39 Å². The molecule has 0 fully saturated rings. The van der Waals surface area contributed by atoms with Crippen LogP contribution in [0.25, 0.3) is 11.3 Å². The first-order valence-electron chi connectivity index (χ1n) is 7.23. The standard InChI is InChI=1S/C15H12ClF6N3OS/c1-6-3-9(17)8(4-7(6)12(26)23-5-15(20,21)22)11-10(16)13(24-25(11)2)27-14(18)19/h3-4,14H,5H2,1-2H3,(H,23,26). The third-order valence-electron chi connectivity index (χ3n) is 3.42. The van der Waals surface area contributed by atoms with Gasteiger partial charge in [0.05, 0.1) is 5.69 Å². The first kappa shape index (κ1) is 21.4. The fourth-order valence-corrected chi connectivity index (χ4v) is 3.23. The quantitative estimate of drug-likeness (QED) is 0.546. The van der Waals surface area contributed by atoms with Crippen molar-refractivity contribution in [1.82, 2.24) is 15.1 Å². The van der Waals surface area contributed by atoms with E-state index in [0.717, 1.165) is 16.8 Å². The number of amides is 1. The molecule has 1 N–H and O–H groups in total. The maximum absolute atomic E-state index is 14.4. The van der Waals surface area contributed by atoms with Gasteiger partial charge < -0.3 is 5.32 Å². The average Bonchev–Trinajstić information content (AvgIpc) is 2.78. The van der Waals surface area contributed by atoms with Crippen molar-refractivity contribution in [2.24, 2.45) is 7.05 Å². The van der Waals surface area contributed by atoms with Gasteiger partial charge in [0.1, 0.15) is 22.4 Å². The molecule has 1 aromatic carbocycles. The van der Waals surface area contributed by atoms with Gasteiger partial charge in [0.25, 0.3) is 11.7 Å². The van der Waals surface area contributed by atoms with E-state index in [-0.39, 0.29) is 44.2 Å². The SMILES string of the molecule is Cc1cc(F)c(-c2c(Cl)c(SC(F)F)nn2C)cc1C(=O)NCC(F)(F)F. The second-order valence-corrected chi connectivity index (χ2v) is 6.77.